The van der Waals surface area contributed by atoms with Crippen LogP contribution in [-0.4, -0.2) is 47.8 Å². The molecule has 170 valence electrons. The Hall–Kier alpha value is -3.54. The molecule has 0 radical (unpaired) electrons. The molecule has 4 N–H and O–H groups in total. The molecule has 0 saturated heterocycles. The van der Waals surface area contributed by atoms with E-state index in [1.54, 1.807) is 9.80 Å². The lowest BCUT2D eigenvalue weighted by atomic mass is 10.1. The lowest BCUT2D eigenvalue weighted by Gasteiger charge is -2.22. The predicted molar refractivity (Wildman–Crippen MR) is 131 cm³/mol. The van der Waals surface area contributed by atoms with E-state index < -0.39 is 0 Å². The molecular weight excluding hydrogens is 400 g/mol. The maximum absolute atomic E-state index is 12.6. The van der Waals surface area contributed by atoms with Gasteiger partial charge in [0.1, 0.15) is 0 Å². The predicted octanol–water partition coefficient (Wildman–Crippen LogP) is 3.46. The number of nitrogens with zero attached hydrogens (tertiary/aromatic N) is 2. The molecule has 0 atom stereocenters. The van der Waals surface area contributed by atoms with E-state index in [9.17, 15) is 9.59 Å². The molecule has 0 aromatic heterocycles. The number of carbonyl (C=O) groups is 2. The van der Waals surface area contributed by atoms with E-state index in [0.29, 0.717) is 37.6 Å². The van der Waals surface area contributed by atoms with Crippen LogP contribution >= 0.6 is 0 Å². The first kappa shape index (κ1) is 24.7. The third-order valence-corrected chi connectivity index (χ3v) is 5.27. The minimum Gasteiger partial charge on any atom is -0.398 e. The summed E-state index contributed by atoms with van der Waals surface area (Å²) in [6.07, 6.45) is 4.55. The topological polar surface area (TPSA) is 92.7 Å². The molecule has 0 spiro atoms. The van der Waals surface area contributed by atoms with Crippen molar-refractivity contribution in [2.45, 2.75) is 26.7 Å². The van der Waals surface area contributed by atoms with E-state index >= 15 is 0 Å². The van der Waals surface area contributed by atoms with Crippen molar-refractivity contribution in [1.29, 1.82) is 0 Å². The van der Waals surface area contributed by atoms with E-state index in [1.165, 1.54) is 12.2 Å². The third kappa shape index (κ3) is 7.61. The van der Waals surface area contributed by atoms with Crippen molar-refractivity contribution in [2.75, 3.05) is 26.2 Å². The number of carbonyl (C=O) groups excluding carboxylic acids is 2. The maximum atomic E-state index is 12.6. The van der Waals surface area contributed by atoms with Crippen LogP contribution in [0.5, 0.6) is 0 Å². The van der Waals surface area contributed by atoms with E-state index in [0.717, 1.165) is 24.0 Å². The van der Waals surface area contributed by atoms with Crippen molar-refractivity contribution in [3.63, 3.8) is 0 Å². The summed E-state index contributed by atoms with van der Waals surface area (Å²) in [6.45, 7) is 6.32. The van der Waals surface area contributed by atoms with E-state index in [-0.39, 0.29) is 11.8 Å². The molecule has 0 fully saturated rings. The highest BCUT2D eigenvalue weighted by Gasteiger charge is 2.13. The van der Waals surface area contributed by atoms with Gasteiger partial charge in [0.15, 0.2) is 0 Å². The van der Waals surface area contributed by atoms with Crippen molar-refractivity contribution in [1.82, 2.24) is 9.80 Å². The van der Waals surface area contributed by atoms with Gasteiger partial charge in [0.2, 0.25) is 11.8 Å². The van der Waals surface area contributed by atoms with E-state index in [2.05, 4.69) is 0 Å². The van der Waals surface area contributed by atoms with Crippen molar-refractivity contribution in [2.24, 2.45) is 11.5 Å². The van der Waals surface area contributed by atoms with Crippen LogP contribution in [0, 0.1) is 0 Å². The molecule has 0 aliphatic rings. The van der Waals surface area contributed by atoms with Crippen LogP contribution in [0.15, 0.2) is 72.8 Å². The number of rotatable bonds is 11. The van der Waals surface area contributed by atoms with Gasteiger partial charge < -0.3 is 21.3 Å². The van der Waals surface area contributed by atoms with Gasteiger partial charge in [0, 0.05) is 49.7 Å². The fourth-order valence-corrected chi connectivity index (χ4v) is 3.33. The number of likely N-dealkylation sites (N-methyl/N-ethyl adjacent to an activating group) is 2. The molecule has 6 nitrogen and oxygen atoms in total. The van der Waals surface area contributed by atoms with Gasteiger partial charge in [-0.1, -0.05) is 60.7 Å². The number of nitrogens with two attached hydrogens (primary N) is 2. The highest BCUT2D eigenvalue weighted by atomic mass is 16.2. The summed E-state index contributed by atoms with van der Waals surface area (Å²) in [4.78, 5) is 28.7. The largest absolute Gasteiger partial charge is 0.398 e. The molecule has 0 aliphatic heterocycles. The average molecular weight is 435 g/mol. The molecule has 6 heteroatoms. The number of benzene rings is 2. The maximum Gasteiger partial charge on any atom is 0.248 e. The van der Waals surface area contributed by atoms with Crippen LogP contribution in [0.25, 0.3) is 11.4 Å². The van der Waals surface area contributed by atoms with Gasteiger partial charge in [0.05, 0.1) is 0 Å². The van der Waals surface area contributed by atoms with Crippen LogP contribution in [0.4, 0.5) is 0 Å². The van der Waals surface area contributed by atoms with E-state index in [1.807, 2.05) is 74.5 Å². The molecule has 2 aromatic rings. The highest BCUT2D eigenvalue weighted by Crippen LogP contribution is 2.10. The number of amides is 2. The molecule has 2 amide bonds. The van der Waals surface area contributed by atoms with Gasteiger partial charge in [-0.3, -0.25) is 9.59 Å². The van der Waals surface area contributed by atoms with Crippen LogP contribution in [-0.2, 0) is 9.59 Å². The van der Waals surface area contributed by atoms with Crippen molar-refractivity contribution in [3.05, 3.63) is 83.9 Å². The van der Waals surface area contributed by atoms with Crippen LogP contribution in [0.2, 0.25) is 0 Å². The molecular formula is C26H34N4O2. The van der Waals surface area contributed by atoms with Gasteiger partial charge in [-0.05, 0) is 37.8 Å². The molecule has 0 heterocycles. The van der Waals surface area contributed by atoms with Gasteiger partial charge in [-0.2, -0.15) is 0 Å². The van der Waals surface area contributed by atoms with Crippen molar-refractivity contribution < 1.29 is 9.59 Å². The fourth-order valence-electron chi connectivity index (χ4n) is 3.33. The Labute approximate surface area is 191 Å². The Kier molecular flexibility index (Phi) is 10.0. The Morgan fingerprint density at radius 2 is 1.03 bits per heavy atom. The minimum absolute atomic E-state index is 0.101. The van der Waals surface area contributed by atoms with Crippen LogP contribution in [0.1, 0.15) is 37.8 Å². The molecule has 2 aromatic carbocycles. The van der Waals surface area contributed by atoms with Gasteiger partial charge >= 0.3 is 0 Å². The van der Waals surface area contributed by atoms with Gasteiger partial charge in [0.25, 0.3) is 0 Å². The Morgan fingerprint density at radius 1 is 0.688 bits per heavy atom. The smallest absolute Gasteiger partial charge is 0.248 e. The summed E-state index contributed by atoms with van der Waals surface area (Å²) < 4.78 is 0. The molecule has 0 unspecified atom stereocenters. The third-order valence-electron chi connectivity index (χ3n) is 5.27. The van der Waals surface area contributed by atoms with Gasteiger partial charge in [-0.25, -0.2) is 0 Å². The quantitative estimate of drug-likeness (QED) is 0.418. The Balaban J connectivity index is 1.85. The molecule has 0 aliphatic carbocycles. The normalized spacial score (nSPS) is 11.8. The fraction of sp³-hybridized carbons (Fsp3) is 0.308. The number of unbranched alkanes of at least 4 members (excludes halogenated alkanes) is 1. The second-order valence-corrected chi connectivity index (χ2v) is 7.47. The molecule has 2 rings (SSSR count). The molecule has 0 bridgehead atoms. The van der Waals surface area contributed by atoms with Crippen LogP contribution < -0.4 is 11.5 Å². The lowest BCUT2D eigenvalue weighted by Crippen LogP contribution is -2.33. The second kappa shape index (κ2) is 13.0. The zero-order valence-corrected chi connectivity index (χ0v) is 19.0. The SMILES string of the molecule is CCN(CCCCN(CC)C(=O)/C=C(/N)c1ccccc1)C(=O)/C=C(/N)c1ccccc1. The lowest BCUT2D eigenvalue weighted by molar-refractivity contribution is -0.127. The van der Waals surface area contributed by atoms with Gasteiger partial charge in [-0.15, -0.1) is 0 Å². The first-order valence-electron chi connectivity index (χ1n) is 11.1. The second-order valence-electron chi connectivity index (χ2n) is 7.47. The summed E-state index contributed by atoms with van der Waals surface area (Å²) in [6, 6.07) is 18.9. The Bertz CT molecular complexity index is 846. The Morgan fingerprint density at radius 3 is 1.34 bits per heavy atom. The van der Waals surface area contributed by atoms with Crippen molar-refractivity contribution in [3.8, 4) is 0 Å². The average Bonchev–Trinajstić information content (AvgIpc) is 2.82. The summed E-state index contributed by atoms with van der Waals surface area (Å²) in [7, 11) is 0. The molecule has 32 heavy (non-hydrogen) atoms. The summed E-state index contributed by atoms with van der Waals surface area (Å²) in [5.74, 6) is -0.202. The zero-order chi connectivity index (χ0) is 23.3. The summed E-state index contributed by atoms with van der Waals surface area (Å²) in [5.41, 5.74) is 14.7. The summed E-state index contributed by atoms with van der Waals surface area (Å²) >= 11 is 0. The van der Waals surface area contributed by atoms with E-state index in [4.69, 9.17) is 11.5 Å². The molecule has 0 saturated carbocycles. The standard InChI is InChI=1S/C26H34N4O2/c1-3-29(25(31)19-23(27)21-13-7-5-8-14-21)17-11-12-18-30(4-2)26(32)20-24(28)22-15-9-6-10-16-22/h5-10,13-16,19-20H,3-4,11-12,17-18,27-28H2,1-2H3/b23-19+,24-20+. The highest BCUT2D eigenvalue weighted by molar-refractivity contribution is 5.95. The van der Waals surface area contributed by atoms with Crippen LogP contribution in [0.3, 0.4) is 0 Å². The number of hydrogen-bond donors (Lipinski definition) is 2. The monoisotopic (exact) mass is 434 g/mol. The minimum atomic E-state index is -0.101. The summed E-state index contributed by atoms with van der Waals surface area (Å²) in [5, 5.41) is 0. The van der Waals surface area contributed by atoms with Crippen molar-refractivity contribution >= 4 is 23.2 Å². The number of hydrogen-bond acceptors (Lipinski definition) is 4. The first-order chi connectivity index (χ1) is 15.5. The zero-order valence-electron chi connectivity index (χ0n) is 19.0. The first-order valence-corrected chi connectivity index (χ1v) is 11.1.